The molecule has 0 spiro atoms. The van der Waals surface area contributed by atoms with Crippen LogP contribution in [0.25, 0.3) is 0 Å². The number of nitrogen functional groups attached to an aromatic ring is 1. The number of para-hydroxylation sites is 2. The minimum Gasteiger partial charge on any atom is -0.397 e. The molecule has 0 saturated heterocycles. The van der Waals surface area contributed by atoms with Gasteiger partial charge in [-0.25, -0.2) is 13.6 Å². The van der Waals surface area contributed by atoms with Crippen LogP contribution in [0.2, 0.25) is 0 Å². The number of nitrogens with two attached hydrogens (primary N) is 1. The Morgan fingerprint density at radius 3 is 2.57 bits per heavy atom. The molecule has 0 aliphatic carbocycles. The van der Waals surface area contributed by atoms with Crippen LogP contribution in [0.4, 0.5) is 30.6 Å². The number of hydrogen-bond donors (Lipinski definition) is 2. The first kappa shape index (κ1) is 14.8. The maximum atomic E-state index is 13.6. The van der Waals surface area contributed by atoms with Crippen LogP contribution < -0.4 is 16.0 Å². The zero-order valence-electron chi connectivity index (χ0n) is 11.4. The molecule has 0 atom stereocenters. The summed E-state index contributed by atoms with van der Waals surface area (Å²) in [4.78, 5) is 13.6. The van der Waals surface area contributed by atoms with Gasteiger partial charge in [0.25, 0.3) is 0 Å². The molecule has 110 valence electrons. The number of anilines is 3. The molecule has 2 rings (SSSR count). The van der Waals surface area contributed by atoms with Gasteiger partial charge in [-0.2, -0.15) is 0 Å². The summed E-state index contributed by atoms with van der Waals surface area (Å²) in [5.41, 5.74) is 6.71. The molecule has 0 bridgehead atoms. The standard InChI is InChI=1S/C15H15F2N3O/c1-2-20(14-6-4-3-5-12(14)18)15(21)19-13-8-7-10(16)9-11(13)17/h3-9H,2,18H2,1H3,(H,19,21). The van der Waals surface area contributed by atoms with Crippen LogP contribution in [0.1, 0.15) is 6.92 Å². The Morgan fingerprint density at radius 2 is 1.95 bits per heavy atom. The molecule has 2 aromatic rings. The molecule has 2 aromatic carbocycles. The highest BCUT2D eigenvalue weighted by Gasteiger charge is 2.17. The molecule has 2 amide bonds. The Morgan fingerprint density at radius 1 is 1.24 bits per heavy atom. The second-order valence-electron chi connectivity index (χ2n) is 4.36. The highest BCUT2D eigenvalue weighted by molar-refractivity contribution is 6.03. The number of amides is 2. The molecule has 3 N–H and O–H groups in total. The van der Waals surface area contributed by atoms with Crippen molar-refractivity contribution < 1.29 is 13.6 Å². The lowest BCUT2D eigenvalue weighted by Gasteiger charge is -2.23. The van der Waals surface area contributed by atoms with Gasteiger partial charge in [0.15, 0.2) is 0 Å². The van der Waals surface area contributed by atoms with Gasteiger partial charge in [-0.3, -0.25) is 4.90 Å². The lowest BCUT2D eigenvalue weighted by atomic mass is 10.2. The largest absolute Gasteiger partial charge is 0.397 e. The predicted molar refractivity (Wildman–Crippen MR) is 79.3 cm³/mol. The normalized spacial score (nSPS) is 10.2. The zero-order chi connectivity index (χ0) is 15.4. The summed E-state index contributed by atoms with van der Waals surface area (Å²) in [6.45, 7) is 2.12. The third-order valence-electron chi connectivity index (χ3n) is 2.96. The minimum atomic E-state index is -0.833. The van der Waals surface area contributed by atoms with E-state index in [0.29, 0.717) is 24.0 Å². The van der Waals surface area contributed by atoms with Crippen molar-refractivity contribution in [2.24, 2.45) is 0 Å². The summed E-state index contributed by atoms with van der Waals surface area (Å²) >= 11 is 0. The van der Waals surface area contributed by atoms with Crippen molar-refractivity contribution in [1.82, 2.24) is 0 Å². The molecule has 0 heterocycles. The summed E-state index contributed by atoms with van der Waals surface area (Å²) in [6, 6.07) is 9.29. The maximum absolute atomic E-state index is 13.6. The lowest BCUT2D eigenvalue weighted by Crippen LogP contribution is -2.35. The Kier molecular flexibility index (Phi) is 4.37. The smallest absolute Gasteiger partial charge is 0.326 e. The van der Waals surface area contributed by atoms with Gasteiger partial charge in [0, 0.05) is 12.6 Å². The van der Waals surface area contributed by atoms with Crippen molar-refractivity contribution in [3.8, 4) is 0 Å². The van der Waals surface area contributed by atoms with Gasteiger partial charge in [-0.05, 0) is 31.2 Å². The summed E-state index contributed by atoms with van der Waals surface area (Å²) in [5, 5.41) is 2.40. The second-order valence-corrected chi connectivity index (χ2v) is 4.36. The summed E-state index contributed by atoms with van der Waals surface area (Å²) < 4.78 is 26.4. The minimum absolute atomic E-state index is 0.0886. The molecule has 21 heavy (non-hydrogen) atoms. The average Bonchev–Trinajstić information content (AvgIpc) is 2.45. The Bertz CT molecular complexity index is 661. The number of nitrogens with zero attached hydrogens (tertiary/aromatic N) is 1. The SMILES string of the molecule is CCN(C(=O)Nc1ccc(F)cc1F)c1ccccc1N. The number of rotatable bonds is 3. The van der Waals surface area contributed by atoms with E-state index in [-0.39, 0.29) is 5.69 Å². The molecule has 0 fully saturated rings. The van der Waals surface area contributed by atoms with Crippen LogP contribution in [-0.4, -0.2) is 12.6 Å². The molecule has 0 aliphatic heterocycles. The first-order valence-corrected chi connectivity index (χ1v) is 6.41. The number of benzene rings is 2. The van der Waals surface area contributed by atoms with E-state index in [0.717, 1.165) is 6.07 Å². The Hall–Kier alpha value is -2.63. The number of nitrogens with one attached hydrogen (secondary N) is 1. The van der Waals surface area contributed by atoms with Crippen molar-refractivity contribution in [3.05, 3.63) is 54.1 Å². The van der Waals surface area contributed by atoms with Crippen LogP contribution >= 0.6 is 0 Å². The van der Waals surface area contributed by atoms with Crippen LogP contribution in [0.5, 0.6) is 0 Å². The van der Waals surface area contributed by atoms with E-state index in [1.54, 1.807) is 31.2 Å². The monoisotopic (exact) mass is 291 g/mol. The fraction of sp³-hybridized carbons (Fsp3) is 0.133. The van der Waals surface area contributed by atoms with Crippen LogP contribution in [0.3, 0.4) is 0 Å². The molecule has 4 nitrogen and oxygen atoms in total. The van der Waals surface area contributed by atoms with Crippen LogP contribution in [0.15, 0.2) is 42.5 Å². The van der Waals surface area contributed by atoms with E-state index >= 15 is 0 Å². The zero-order valence-corrected chi connectivity index (χ0v) is 11.4. The van der Waals surface area contributed by atoms with Crippen molar-refractivity contribution >= 4 is 23.1 Å². The fourth-order valence-corrected chi connectivity index (χ4v) is 1.93. The van der Waals surface area contributed by atoms with Crippen molar-refractivity contribution in [2.45, 2.75) is 6.92 Å². The summed E-state index contributed by atoms with van der Waals surface area (Å²) in [6.07, 6.45) is 0. The van der Waals surface area contributed by atoms with Gasteiger partial charge >= 0.3 is 6.03 Å². The first-order valence-electron chi connectivity index (χ1n) is 6.41. The highest BCUT2D eigenvalue weighted by atomic mass is 19.1. The maximum Gasteiger partial charge on any atom is 0.326 e. The predicted octanol–water partition coefficient (Wildman–Crippen LogP) is 3.61. The number of hydrogen-bond acceptors (Lipinski definition) is 2. The number of urea groups is 1. The van der Waals surface area contributed by atoms with Crippen LogP contribution in [0, 0.1) is 11.6 Å². The van der Waals surface area contributed by atoms with Gasteiger partial charge in [-0.1, -0.05) is 12.1 Å². The van der Waals surface area contributed by atoms with E-state index in [9.17, 15) is 13.6 Å². The van der Waals surface area contributed by atoms with Crippen molar-refractivity contribution in [2.75, 3.05) is 22.5 Å². The molecule has 6 heteroatoms. The van der Waals surface area contributed by atoms with E-state index in [4.69, 9.17) is 5.73 Å². The third-order valence-corrected chi connectivity index (χ3v) is 2.96. The van der Waals surface area contributed by atoms with E-state index in [1.807, 2.05) is 0 Å². The number of carbonyl (C=O) groups is 1. The summed E-state index contributed by atoms with van der Waals surface area (Å²) in [5.74, 6) is -1.54. The van der Waals surface area contributed by atoms with E-state index < -0.39 is 17.7 Å². The molecule has 0 radical (unpaired) electrons. The van der Waals surface area contributed by atoms with Crippen LogP contribution in [-0.2, 0) is 0 Å². The van der Waals surface area contributed by atoms with E-state index in [1.165, 1.54) is 11.0 Å². The number of halogens is 2. The fourth-order valence-electron chi connectivity index (χ4n) is 1.93. The van der Waals surface area contributed by atoms with Gasteiger partial charge in [0.05, 0.1) is 17.1 Å². The Balaban J connectivity index is 2.23. The molecular formula is C15H15F2N3O. The topological polar surface area (TPSA) is 58.4 Å². The second kappa shape index (κ2) is 6.21. The van der Waals surface area contributed by atoms with Crippen molar-refractivity contribution in [3.63, 3.8) is 0 Å². The van der Waals surface area contributed by atoms with Gasteiger partial charge in [0.1, 0.15) is 11.6 Å². The quantitative estimate of drug-likeness (QED) is 0.849. The first-order chi connectivity index (χ1) is 10.0. The molecular weight excluding hydrogens is 276 g/mol. The molecule has 0 aliphatic rings. The van der Waals surface area contributed by atoms with Crippen molar-refractivity contribution in [1.29, 1.82) is 0 Å². The van der Waals surface area contributed by atoms with E-state index in [2.05, 4.69) is 5.32 Å². The van der Waals surface area contributed by atoms with Gasteiger partial charge < -0.3 is 11.1 Å². The van der Waals surface area contributed by atoms with Gasteiger partial charge in [-0.15, -0.1) is 0 Å². The summed E-state index contributed by atoms with van der Waals surface area (Å²) in [7, 11) is 0. The molecule has 0 saturated carbocycles. The molecule has 0 aromatic heterocycles. The lowest BCUT2D eigenvalue weighted by molar-refractivity contribution is 0.257. The third kappa shape index (κ3) is 3.28. The highest BCUT2D eigenvalue weighted by Crippen LogP contribution is 2.23. The van der Waals surface area contributed by atoms with Gasteiger partial charge in [0.2, 0.25) is 0 Å². The Labute approximate surface area is 121 Å². The number of carbonyl (C=O) groups excluding carboxylic acids is 1. The molecule has 0 unspecified atom stereocenters. The average molecular weight is 291 g/mol.